The molecule has 4 rings (SSSR count). The van der Waals surface area contributed by atoms with E-state index in [-0.39, 0.29) is 5.91 Å². The Kier molecular flexibility index (Phi) is 5.91. The third-order valence-electron chi connectivity index (χ3n) is 5.24. The topological polar surface area (TPSA) is 59.4 Å². The molecule has 1 N–H and O–H groups in total. The summed E-state index contributed by atoms with van der Waals surface area (Å²) in [4.78, 5) is 18.8. The van der Waals surface area contributed by atoms with E-state index < -0.39 is 0 Å². The number of fused-ring (bicyclic) bond motifs is 1. The van der Waals surface area contributed by atoms with Crippen molar-refractivity contribution < 1.29 is 9.53 Å². The highest BCUT2D eigenvalue weighted by Crippen LogP contribution is 2.20. The van der Waals surface area contributed by atoms with Crippen molar-refractivity contribution in [2.75, 3.05) is 25.0 Å². The minimum atomic E-state index is -0.187. The van der Waals surface area contributed by atoms with Crippen LogP contribution in [-0.2, 0) is 20.0 Å². The van der Waals surface area contributed by atoms with Gasteiger partial charge in [0, 0.05) is 38.4 Å². The molecular weight excluding hydrogens is 364 g/mol. The molecule has 1 aliphatic rings. The van der Waals surface area contributed by atoms with E-state index in [0.29, 0.717) is 18.0 Å². The number of carbonyl (C=O) groups excluding carboxylic acids is 1. The molecule has 2 heterocycles. The van der Waals surface area contributed by atoms with Crippen molar-refractivity contribution >= 4 is 11.6 Å². The molecule has 0 saturated heterocycles. The zero-order chi connectivity index (χ0) is 20.1. The molecule has 29 heavy (non-hydrogen) atoms. The Bertz CT molecular complexity index is 982. The lowest BCUT2D eigenvalue weighted by molar-refractivity contribution is 0.101. The highest BCUT2D eigenvalue weighted by molar-refractivity contribution is 6.03. The van der Waals surface area contributed by atoms with E-state index in [1.807, 2.05) is 24.3 Å². The molecule has 6 heteroatoms. The number of benzene rings is 2. The largest absolute Gasteiger partial charge is 0.493 e. The van der Waals surface area contributed by atoms with Crippen LogP contribution in [0.5, 0.6) is 5.75 Å². The molecule has 0 spiro atoms. The molecule has 0 aliphatic carbocycles. The van der Waals surface area contributed by atoms with Crippen molar-refractivity contribution in [1.82, 2.24) is 14.5 Å². The Hall–Kier alpha value is -3.12. The Morgan fingerprint density at radius 3 is 2.86 bits per heavy atom. The van der Waals surface area contributed by atoms with Gasteiger partial charge in [-0.2, -0.15) is 0 Å². The first-order valence-corrected chi connectivity index (χ1v) is 9.99. The van der Waals surface area contributed by atoms with Crippen molar-refractivity contribution in [1.29, 1.82) is 0 Å². The number of aromatic nitrogens is 2. The number of rotatable bonds is 7. The second kappa shape index (κ2) is 8.92. The lowest BCUT2D eigenvalue weighted by atomic mass is 10.00. The zero-order valence-corrected chi connectivity index (χ0v) is 16.7. The Labute approximate surface area is 171 Å². The fraction of sp³-hybridized carbons (Fsp3) is 0.304. The summed E-state index contributed by atoms with van der Waals surface area (Å²) >= 11 is 0. The number of hydrogen-bond donors (Lipinski definition) is 1. The lowest BCUT2D eigenvalue weighted by Gasteiger charge is -2.28. The van der Waals surface area contributed by atoms with Crippen molar-refractivity contribution in [3.63, 3.8) is 0 Å². The summed E-state index contributed by atoms with van der Waals surface area (Å²) in [7, 11) is 1.79. The van der Waals surface area contributed by atoms with Gasteiger partial charge in [-0.15, -0.1) is 0 Å². The second-order valence-electron chi connectivity index (χ2n) is 7.37. The molecule has 0 saturated carbocycles. The third kappa shape index (κ3) is 4.84. The molecule has 6 nitrogen and oxygen atoms in total. The molecule has 0 radical (unpaired) electrons. The first kappa shape index (κ1) is 19.2. The molecule has 0 bridgehead atoms. The first-order valence-electron chi connectivity index (χ1n) is 9.99. The number of nitrogens with zero attached hydrogens (tertiary/aromatic N) is 3. The molecule has 0 atom stereocenters. The van der Waals surface area contributed by atoms with Crippen LogP contribution in [0.2, 0.25) is 0 Å². The second-order valence-corrected chi connectivity index (χ2v) is 7.37. The summed E-state index contributed by atoms with van der Waals surface area (Å²) in [6.45, 7) is 3.79. The molecule has 1 amide bonds. The Morgan fingerprint density at radius 2 is 2.03 bits per heavy atom. The van der Waals surface area contributed by atoms with Crippen LogP contribution in [0.1, 0.15) is 28.0 Å². The van der Waals surface area contributed by atoms with Gasteiger partial charge >= 0.3 is 0 Å². The number of nitrogens with one attached hydrogen (secondary N) is 1. The van der Waals surface area contributed by atoms with Crippen LogP contribution in [0, 0.1) is 0 Å². The number of ether oxygens (including phenoxy) is 1. The molecule has 1 aromatic heterocycles. The van der Waals surface area contributed by atoms with Crippen LogP contribution in [0.25, 0.3) is 0 Å². The van der Waals surface area contributed by atoms with Gasteiger partial charge in [0.1, 0.15) is 11.4 Å². The fourth-order valence-electron chi connectivity index (χ4n) is 3.66. The number of carbonyl (C=O) groups is 1. The summed E-state index contributed by atoms with van der Waals surface area (Å²) in [5.41, 5.74) is 4.14. The summed E-state index contributed by atoms with van der Waals surface area (Å²) in [5.74, 6) is 0.573. The van der Waals surface area contributed by atoms with Crippen molar-refractivity contribution in [2.45, 2.75) is 19.4 Å². The van der Waals surface area contributed by atoms with Gasteiger partial charge in [0.25, 0.3) is 5.91 Å². The van der Waals surface area contributed by atoms with Gasteiger partial charge < -0.3 is 14.6 Å². The minimum Gasteiger partial charge on any atom is -0.493 e. The van der Waals surface area contributed by atoms with E-state index in [1.165, 1.54) is 11.1 Å². The van der Waals surface area contributed by atoms with Crippen LogP contribution in [-0.4, -0.2) is 40.1 Å². The molecular formula is C23H26N4O2. The van der Waals surface area contributed by atoms with E-state index in [9.17, 15) is 4.79 Å². The molecule has 1 aliphatic heterocycles. The van der Waals surface area contributed by atoms with Gasteiger partial charge in [0.05, 0.1) is 19.1 Å². The van der Waals surface area contributed by atoms with Crippen LogP contribution in [0.3, 0.4) is 0 Å². The van der Waals surface area contributed by atoms with Gasteiger partial charge in [0.15, 0.2) is 0 Å². The number of aryl methyl sites for hydroxylation is 1. The SMILES string of the molecule is Cn1cncc1C(=O)Nc1cccc(OCCCN2CCc3ccccc3C2)c1. The lowest BCUT2D eigenvalue weighted by Crippen LogP contribution is -2.31. The number of anilines is 1. The fourth-order valence-corrected chi connectivity index (χ4v) is 3.66. The smallest absolute Gasteiger partial charge is 0.273 e. The van der Waals surface area contributed by atoms with Crippen LogP contribution in [0.15, 0.2) is 61.1 Å². The average Bonchev–Trinajstić information content (AvgIpc) is 3.17. The van der Waals surface area contributed by atoms with E-state index in [4.69, 9.17) is 4.74 Å². The Morgan fingerprint density at radius 1 is 1.17 bits per heavy atom. The summed E-state index contributed by atoms with van der Waals surface area (Å²) < 4.78 is 7.60. The van der Waals surface area contributed by atoms with Gasteiger partial charge in [0.2, 0.25) is 0 Å². The first-order chi connectivity index (χ1) is 14.2. The maximum atomic E-state index is 12.3. The molecule has 0 unspecified atom stereocenters. The highest BCUT2D eigenvalue weighted by Gasteiger charge is 2.15. The maximum absolute atomic E-state index is 12.3. The standard InChI is InChI=1S/C23H26N4O2/c1-26-17-24-15-22(26)23(28)25-20-8-4-9-21(14-20)29-13-5-11-27-12-10-18-6-2-3-7-19(18)16-27/h2-4,6-9,14-15,17H,5,10-13,16H2,1H3,(H,25,28). The molecule has 150 valence electrons. The molecule has 0 fully saturated rings. The van der Waals surface area contributed by atoms with E-state index in [1.54, 1.807) is 24.1 Å². The van der Waals surface area contributed by atoms with Crippen molar-refractivity contribution in [2.24, 2.45) is 7.05 Å². The van der Waals surface area contributed by atoms with Crippen molar-refractivity contribution in [3.05, 3.63) is 77.9 Å². The minimum absolute atomic E-state index is 0.187. The predicted molar refractivity (Wildman–Crippen MR) is 113 cm³/mol. The summed E-state index contributed by atoms with van der Waals surface area (Å²) in [6.07, 6.45) is 5.24. The summed E-state index contributed by atoms with van der Waals surface area (Å²) in [6, 6.07) is 16.2. The molecule has 2 aromatic carbocycles. The third-order valence-corrected chi connectivity index (χ3v) is 5.24. The van der Waals surface area contributed by atoms with E-state index in [0.717, 1.165) is 38.2 Å². The predicted octanol–water partition coefficient (Wildman–Crippen LogP) is 3.50. The number of amides is 1. The normalized spacial score (nSPS) is 13.7. The maximum Gasteiger partial charge on any atom is 0.273 e. The van der Waals surface area contributed by atoms with Gasteiger partial charge in [-0.25, -0.2) is 4.98 Å². The summed E-state index contributed by atoms with van der Waals surface area (Å²) in [5, 5.41) is 2.89. The van der Waals surface area contributed by atoms with E-state index in [2.05, 4.69) is 39.5 Å². The van der Waals surface area contributed by atoms with Gasteiger partial charge in [-0.3, -0.25) is 9.69 Å². The van der Waals surface area contributed by atoms with Crippen LogP contribution in [0.4, 0.5) is 5.69 Å². The zero-order valence-electron chi connectivity index (χ0n) is 16.7. The monoisotopic (exact) mass is 390 g/mol. The Balaban J connectivity index is 1.24. The highest BCUT2D eigenvalue weighted by atomic mass is 16.5. The van der Waals surface area contributed by atoms with Gasteiger partial charge in [-0.05, 0) is 36.1 Å². The van der Waals surface area contributed by atoms with Crippen LogP contribution >= 0.6 is 0 Å². The number of hydrogen-bond acceptors (Lipinski definition) is 4. The van der Waals surface area contributed by atoms with Crippen LogP contribution < -0.4 is 10.1 Å². The molecule has 3 aromatic rings. The average molecular weight is 390 g/mol. The van der Waals surface area contributed by atoms with Crippen molar-refractivity contribution in [3.8, 4) is 5.75 Å². The quantitative estimate of drug-likeness (QED) is 0.628. The van der Waals surface area contributed by atoms with Gasteiger partial charge in [-0.1, -0.05) is 30.3 Å². The van der Waals surface area contributed by atoms with E-state index >= 15 is 0 Å². The number of imidazole rings is 1.